The molecular formula is C12H9BrClN. The molecule has 1 aliphatic carbocycles. The largest absolute Gasteiger partial charge is 0.256 e. The number of benzene rings is 1. The second-order valence-corrected chi connectivity index (χ2v) is 5.22. The standard InChI is InChI=1S/C12H9BrClN/c13-10-6-12-9(5-11(10)14)8(3-4-15-12)7-1-2-7/h3-7H,1-2H2. The fraction of sp³-hybridized carbons (Fsp3) is 0.250. The van der Waals surface area contributed by atoms with Crippen molar-refractivity contribution in [1.29, 1.82) is 0 Å². The average molecular weight is 283 g/mol. The van der Waals surface area contributed by atoms with Gasteiger partial charge in [-0.3, -0.25) is 4.98 Å². The zero-order valence-electron chi connectivity index (χ0n) is 8.00. The number of fused-ring (bicyclic) bond motifs is 1. The third-order valence-corrected chi connectivity index (χ3v) is 4.03. The predicted octanol–water partition coefficient (Wildman–Crippen LogP) is 4.53. The summed E-state index contributed by atoms with van der Waals surface area (Å²) < 4.78 is 0.914. The van der Waals surface area contributed by atoms with Gasteiger partial charge in [-0.1, -0.05) is 11.6 Å². The molecule has 0 amide bonds. The van der Waals surface area contributed by atoms with Gasteiger partial charge >= 0.3 is 0 Å². The summed E-state index contributed by atoms with van der Waals surface area (Å²) >= 11 is 9.53. The summed E-state index contributed by atoms with van der Waals surface area (Å²) in [6.07, 6.45) is 4.48. The normalized spacial score (nSPS) is 15.9. The van der Waals surface area contributed by atoms with Crippen LogP contribution in [0.15, 0.2) is 28.9 Å². The molecule has 0 N–H and O–H groups in total. The molecule has 1 aliphatic rings. The van der Waals surface area contributed by atoms with Gasteiger partial charge in [0, 0.05) is 16.1 Å². The van der Waals surface area contributed by atoms with Crippen LogP contribution >= 0.6 is 27.5 Å². The molecular weight excluding hydrogens is 273 g/mol. The molecule has 0 saturated heterocycles. The molecule has 0 bridgehead atoms. The summed E-state index contributed by atoms with van der Waals surface area (Å²) in [5, 5.41) is 1.96. The van der Waals surface area contributed by atoms with Crippen molar-refractivity contribution in [2.24, 2.45) is 0 Å². The lowest BCUT2D eigenvalue weighted by Crippen LogP contribution is -1.86. The van der Waals surface area contributed by atoms with Gasteiger partial charge in [0.25, 0.3) is 0 Å². The van der Waals surface area contributed by atoms with Gasteiger partial charge in [0.1, 0.15) is 0 Å². The molecule has 0 atom stereocenters. The molecule has 3 rings (SSSR count). The van der Waals surface area contributed by atoms with Crippen molar-refractivity contribution in [3.05, 3.63) is 39.5 Å². The second kappa shape index (κ2) is 3.46. The van der Waals surface area contributed by atoms with Gasteiger partial charge in [0.2, 0.25) is 0 Å². The van der Waals surface area contributed by atoms with Crippen LogP contribution in [0.5, 0.6) is 0 Å². The maximum atomic E-state index is 6.11. The van der Waals surface area contributed by atoms with Gasteiger partial charge in [0.05, 0.1) is 10.5 Å². The topological polar surface area (TPSA) is 12.9 Å². The molecule has 1 nitrogen and oxygen atoms in total. The summed E-state index contributed by atoms with van der Waals surface area (Å²) in [6.45, 7) is 0. The predicted molar refractivity (Wildman–Crippen MR) is 66.4 cm³/mol. The van der Waals surface area contributed by atoms with Crippen molar-refractivity contribution in [1.82, 2.24) is 4.98 Å². The minimum atomic E-state index is 0.729. The first-order valence-electron chi connectivity index (χ1n) is 4.99. The van der Waals surface area contributed by atoms with Crippen LogP contribution in [0.2, 0.25) is 5.02 Å². The van der Waals surface area contributed by atoms with E-state index in [9.17, 15) is 0 Å². The van der Waals surface area contributed by atoms with E-state index in [2.05, 4.69) is 27.0 Å². The maximum Gasteiger partial charge on any atom is 0.0717 e. The summed E-state index contributed by atoms with van der Waals surface area (Å²) in [4.78, 5) is 4.37. The zero-order valence-corrected chi connectivity index (χ0v) is 10.3. The van der Waals surface area contributed by atoms with Crippen LogP contribution in [0.3, 0.4) is 0 Å². The van der Waals surface area contributed by atoms with Crippen LogP contribution < -0.4 is 0 Å². The minimum absolute atomic E-state index is 0.729. The quantitative estimate of drug-likeness (QED) is 0.749. The highest BCUT2D eigenvalue weighted by atomic mass is 79.9. The Bertz CT molecular complexity index is 534. The van der Waals surface area contributed by atoms with Crippen molar-refractivity contribution in [3.63, 3.8) is 0 Å². The van der Waals surface area contributed by atoms with Crippen molar-refractivity contribution in [2.75, 3.05) is 0 Å². The molecule has 3 heteroatoms. The molecule has 15 heavy (non-hydrogen) atoms. The number of hydrogen-bond acceptors (Lipinski definition) is 1. The van der Waals surface area contributed by atoms with Gasteiger partial charge < -0.3 is 0 Å². The maximum absolute atomic E-state index is 6.11. The minimum Gasteiger partial charge on any atom is -0.256 e. The molecule has 0 radical (unpaired) electrons. The van der Waals surface area contributed by atoms with E-state index in [1.165, 1.54) is 23.8 Å². The number of pyridine rings is 1. The lowest BCUT2D eigenvalue weighted by atomic mass is 10.1. The van der Waals surface area contributed by atoms with E-state index in [-0.39, 0.29) is 0 Å². The number of hydrogen-bond donors (Lipinski definition) is 0. The SMILES string of the molecule is Clc1cc2c(C3CC3)ccnc2cc1Br. The fourth-order valence-corrected chi connectivity index (χ4v) is 2.41. The molecule has 1 heterocycles. The first kappa shape index (κ1) is 9.61. The van der Waals surface area contributed by atoms with Crippen LogP contribution in [0.1, 0.15) is 24.3 Å². The Hall–Kier alpha value is -0.600. The van der Waals surface area contributed by atoms with Crippen LogP contribution in [0, 0.1) is 0 Å². The Kier molecular flexibility index (Phi) is 2.22. The fourth-order valence-electron chi connectivity index (χ4n) is 1.91. The van der Waals surface area contributed by atoms with E-state index < -0.39 is 0 Å². The number of nitrogens with zero attached hydrogens (tertiary/aromatic N) is 1. The molecule has 2 aromatic rings. The highest BCUT2D eigenvalue weighted by Gasteiger charge is 2.25. The van der Waals surface area contributed by atoms with Gasteiger partial charge in [-0.05, 0) is 58.5 Å². The van der Waals surface area contributed by atoms with Crippen molar-refractivity contribution in [3.8, 4) is 0 Å². The van der Waals surface area contributed by atoms with E-state index in [0.717, 1.165) is 20.9 Å². The summed E-state index contributed by atoms with van der Waals surface area (Å²) in [6, 6.07) is 6.12. The van der Waals surface area contributed by atoms with E-state index in [4.69, 9.17) is 11.6 Å². The highest BCUT2D eigenvalue weighted by molar-refractivity contribution is 9.10. The van der Waals surface area contributed by atoms with Gasteiger partial charge in [-0.2, -0.15) is 0 Å². The Morgan fingerprint density at radius 3 is 2.87 bits per heavy atom. The van der Waals surface area contributed by atoms with E-state index in [0.29, 0.717) is 0 Å². The Morgan fingerprint density at radius 2 is 2.13 bits per heavy atom. The first-order chi connectivity index (χ1) is 7.25. The Morgan fingerprint density at radius 1 is 1.33 bits per heavy atom. The molecule has 0 unspecified atom stereocenters. The lowest BCUT2D eigenvalue weighted by Gasteiger charge is -2.05. The number of rotatable bonds is 1. The lowest BCUT2D eigenvalue weighted by molar-refractivity contribution is 1.14. The van der Waals surface area contributed by atoms with E-state index >= 15 is 0 Å². The van der Waals surface area contributed by atoms with Crippen molar-refractivity contribution in [2.45, 2.75) is 18.8 Å². The molecule has 1 saturated carbocycles. The summed E-state index contributed by atoms with van der Waals surface area (Å²) in [5.41, 5.74) is 2.42. The van der Waals surface area contributed by atoms with Crippen molar-refractivity contribution >= 4 is 38.4 Å². The number of aromatic nitrogens is 1. The smallest absolute Gasteiger partial charge is 0.0717 e. The Balaban J connectivity index is 2.32. The highest BCUT2D eigenvalue weighted by Crippen LogP contribution is 2.43. The molecule has 0 spiro atoms. The van der Waals surface area contributed by atoms with Crippen LogP contribution in [0.25, 0.3) is 10.9 Å². The molecule has 76 valence electrons. The summed E-state index contributed by atoms with van der Waals surface area (Å²) in [5.74, 6) is 0.729. The van der Waals surface area contributed by atoms with Crippen LogP contribution in [0.4, 0.5) is 0 Å². The third-order valence-electron chi connectivity index (χ3n) is 2.83. The molecule has 1 fully saturated rings. The van der Waals surface area contributed by atoms with Gasteiger partial charge in [-0.15, -0.1) is 0 Å². The van der Waals surface area contributed by atoms with Crippen molar-refractivity contribution < 1.29 is 0 Å². The van der Waals surface area contributed by atoms with Gasteiger partial charge in [-0.25, -0.2) is 0 Å². The third kappa shape index (κ3) is 1.66. The van der Waals surface area contributed by atoms with Gasteiger partial charge in [0.15, 0.2) is 0 Å². The van der Waals surface area contributed by atoms with Crippen LogP contribution in [-0.4, -0.2) is 4.98 Å². The average Bonchev–Trinajstić information content (AvgIpc) is 3.02. The first-order valence-corrected chi connectivity index (χ1v) is 6.16. The Labute approximate surface area is 102 Å². The van der Waals surface area contributed by atoms with Crippen LogP contribution in [-0.2, 0) is 0 Å². The summed E-state index contributed by atoms with van der Waals surface area (Å²) in [7, 11) is 0. The van der Waals surface area contributed by atoms with E-state index in [1.54, 1.807) is 0 Å². The molecule has 1 aromatic heterocycles. The molecule has 0 aliphatic heterocycles. The zero-order chi connectivity index (χ0) is 10.4. The second-order valence-electron chi connectivity index (χ2n) is 3.96. The van der Waals surface area contributed by atoms with E-state index in [1.807, 2.05) is 18.3 Å². The molecule has 1 aromatic carbocycles. The number of halogens is 2. The monoisotopic (exact) mass is 281 g/mol.